The summed E-state index contributed by atoms with van der Waals surface area (Å²) in [7, 11) is 0. The van der Waals surface area contributed by atoms with Crippen LogP contribution in [-0.2, 0) is 0 Å². The topological polar surface area (TPSA) is 78.1 Å². The summed E-state index contributed by atoms with van der Waals surface area (Å²) in [5.74, 6) is -0.288. The molecule has 22 heavy (non-hydrogen) atoms. The SMILES string of the molecule is CCN(CC)C(CNC(=O)c1ccc(=O)[nH]n1)c1ccsc1. The van der Waals surface area contributed by atoms with Gasteiger partial charge >= 0.3 is 0 Å². The zero-order valence-electron chi connectivity index (χ0n) is 12.7. The average Bonchev–Trinajstić information content (AvgIpc) is 3.06. The lowest BCUT2D eigenvalue weighted by Crippen LogP contribution is -2.38. The molecule has 7 heteroatoms. The van der Waals surface area contributed by atoms with E-state index in [2.05, 4.69) is 45.7 Å². The van der Waals surface area contributed by atoms with E-state index in [4.69, 9.17) is 0 Å². The molecule has 0 aliphatic carbocycles. The van der Waals surface area contributed by atoms with Crippen LogP contribution in [0.4, 0.5) is 0 Å². The molecular weight excluding hydrogens is 300 g/mol. The molecule has 0 aromatic carbocycles. The average molecular weight is 320 g/mol. The second kappa shape index (κ2) is 7.86. The number of nitrogens with one attached hydrogen (secondary N) is 2. The summed E-state index contributed by atoms with van der Waals surface area (Å²) in [6.07, 6.45) is 0. The van der Waals surface area contributed by atoms with E-state index in [0.29, 0.717) is 6.54 Å². The predicted octanol–water partition coefficient (Wildman–Crippen LogP) is 1.64. The van der Waals surface area contributed by atoms with E-state index < -0.39 is 0 Å². The van der Waals surface area contributed by atoms with Crippen molar-refractivity contribution in [2.24, 2.45) is 0 Å². The number of rotatable bonds is 7. The summed E-state index contributed by atoms with van der Waals surface area (Å²) in [6.45, 7) is 6.52. The Morgan fingerprint density at radius 3 is 2.68 bits per heavy atom. The van der Waals surface area contributed by atoms with Gasteiger partial charge in [-0.1, -0.05) is 13.8 Å². The summed E-state index contributed by atoms with van der Waals surface area (Å²) in [5, 5.41) is 13.0. The first-order chi connectivity index (χ1) is 10.7. The highest BCUT2D eigenvalue weighted by molar-refractivity contribution is 7.07. The van der Waals surface area contributed by atoms with Crippen LogP contribution in [0.15, 0.2) is 33.8 Å². The van der Waals surface area contributed by atoms with Crippen molar-refractivity contribution in [1.82, 2.24) is 20.4 Å². The van der Waals surface area contributed by atoms with Gasteiger partial charge in [-0.3, -0.25) is 14.5 Å². The second-order valence-electron chi connectivity index (χ2n) is 4.81. The molecule has 0 aliphatic rings. The van der Waals surface area contributed by atoms with Crippen molar-refractivity contribution in [3.05, 3.63) is 50.6 Å². The molecule has 2 N–H and O–H groups in total. The number of thiophene rings is 1. The van der Waals surface area contributed by atoms with E-state index in [0.717, 1.165) is 13.1 Å². The third kappa shape index (κ3) is 4.02. The standard InChI is InChI=1S/C15H20N4O2S/c1-3-19(4-2)13(11-7-8-22-10-11)9-16-15(21)12-5-6-14(20)18-17-12/h5-8,10,13H,3-4,9H2,1-2H3,(H,16,21)(H,18,20). The highest BCUT2D eigenvalue weighted by Crippen LogP contribution is 2.22. The maximum atomic E-state index is 12.1. The van der Waals surface area contributed by atoms with E-state index in [1.54, 1.807) is 11.3 Å². The van der Waals surface area contributed by atoms with Crippen LogP contribution < -0.4 is 10.9 Å². The maximum Gasteiger partial charge on any atom is 0.271 e. The van der Waals surface area contributed by atoms with Gasteiger partial charge in [0.05, 0.1) is 6.04 Å². The molecule has 0 radical (unpaired) electrons. The number of carbonyl (C=O) groups excluding carboxylic acids is 1. The smallest absolute Gasteiger partial charge is 0.271 e. The molecule has 0 spiro atoms. The highest BCUT2D eigenvalue weighted by Gasteiger charge is 2.19. The first-order valence-electron chi connectivity index (χ1n) is 7.25. The Morgan fingerprint density at radius 1 is 1.36 bits per heavy atom. The number of amides is 1. The van der Waals surface area contributed by atoms with Gasteiger partial charge in [0.25, 0.3) is 11.5 Å². The van der Waals surface area contributed by atoms with Crippen LogP contribution >= 0.6 is 11.3 Å². The Kier molecular flexibility index (Phi) is 5.85. The maximum absolute atomic E-state index is 12.1. The Morgan fingerprint density at radius 2 is 2.14 bits per heavy atom. The highest BCUT2D eigenvalue weighted by atomic mass is 32.1. The molecular formula is C15H20N4O2S. The molecule has 118 valence electrons. The van der Waals surface area contributed by atoms with Gasteiger partial charge in [-0.05, 0) is 41.5 Å². The number of hydrogen-bond donors (Lipinski definition) is 2. The van der Waals surface area contributed by atoms with Crippen LogP contribution in [0.25, 0.3) is 0 Å². The molecule has 2 aromatic rings. The van der Waals surface area contributed by atoms with E-state index >= 15 is 0 Å². The number of hydrogen-bond acceptors (Lipinski definition) is 5. The Balaban J connectivity index is 2.06. The number of likely N-dealkylation sites (N-methyl/N-ethyl adjacent to an activating group) is 1. The summed E-state index contributed by atoms with van der Waals surface area (Å²) in [6, 6.07) is 4.93. The van der Waals surface area contributed by atoms with Crippen molar-refractivity contribution in [3.8, 4) is 0 Å². The Labute approximate surface area is 133 Å². The normalized spacial score (nSPS) is 12.3. The third-order valence-electron chi connectivity index (χ3n) is 3.55. The number of aromatic nitrogens is 2. The van der Waals surface area contributed by atoms with Crippen LogP contribution in [0.3, 0.4) is 0 Å². The van der Waals surface area contributed by atoms with E-state index in [1.807, 2.05) is 5.38 Å². The lowest BCUT2D eigenvalue weighted by molar-refractivity contribution is 0.0929. The molecule has 0 bridgehead atoms. The summed E-state index contributed by atoms with van der Waals surface area (Å²) >= 11 is 1.65. The predicted molar refractivity (Wildman–Crippen MR) is 87.2 cm³/mol. The fourth-order valence-corrected chi connectivity index (χ4v) is 3.04. The van der Waals surface area contributed by atoms with Crippen LogP contribution in [0.1, 0.15) is 35.9 Å². The largest absolute Gasteiger partial charge is 0.349 e. The van der Waals surface area contributed by atoms with E-state index in [9.17, 15) is 9.59 Å². The lowest BCUT2D eigenvalue weighted by atomic mass is 10.1. The third-order valence-corrected chi connectivity index (χ3v) is 4.25. The number of H-pyrrole nitrogens is 1. The summed E-state index contributed by atoms with van der Waals surface area (Å²) in [5.41, 5.74) is 1.09. The van der Waals surface area contributed by atoms with Gasteiger partial charge in [0.1, 0.15) is 5.69 Å². The molecule has 2 aromatic heterocycles. The van der Waals surface area contributed by atoms with Gasteiger partial charge < -0.3 is 5.32 Å². The second-order valence-corrected chi connectivity index (χ2v) is 5.59. The minimum Gasteiger partial charge on any atom is -0.349 e. The molecule has 1 amide bonds. The van der Waals surface area contributed by atoms with Crippen molar-refractivity contribution >= 4 is 17.2 Å². The molecule has 0 saturated heterocycles. The first-order valence-corrected chi connectivity index (χ1v) is 8.20. The molecule has 0 fully saturated rings. The lowest BCUT2D eigenvalue weighted by Gasteiger charge is -2.29. The number of nitrogens with zero attached hydrogens (tertiary/aromatic N) is 2. The van der Waals surface area contributed by atoms with Gasteiger partial charge in [-0.15, -0.1) is 0 Å². The van der Waals surface area contributed by atoms with Gasteiger partial charge in [-0.25, -0.2) is 5.10 Å². The van der Waals surface area contributed by atoms with Crippen LogP contribution in [0.5, 0.6) is 0 Å². The van der Waals surface area contributed by atoms with Crippen molar-refractivity contribution in [2.75, 3.05) is 19.6 Å². The van der Waals surface area contributed by atoms with E-state index in [1.165, 1.54) is 17.7 Å². The fraction of sp³-hybridized carbons (Fsp3) is 0.400. The molecule has 0 aliphatic heterocycles. The molecule has 1 atom stereocenters. The van der Waals surface area contributed by atoms with Crippen LogP contribution in [0.2, 0.25) is 0 Å². The van der Waals surface area contributed by atoms with Crippen LogP contribution in [0, 0.1) is 0 Å². The summed E-state index contributed by atoms with van der Waals surface area (Å²) in [4.78, 5) is 25.4. The Bertz CT molecular complexity index is 629. The van der Waals surface area contributed by atoms with Gasteiger partial charge in [0, 0.05) is 12.6 Å². The van der Waals surface area contributed by atoms with Crippen molar-refractivity contribution in [3.63, 3.8) is 0 Å². The van der Waals surface area contributed by atoms with Gasteiger partial charge in [0.2, 0.25) is 0 Å². The minimum absolute atomic E-state index is 0.132. The number of aromatic amines is 1. The molecule has 6 nitrogen and oxygen atoms in total. The Hall–Kier alpha value is -1.99. The van der Waals surface area contributed by atoms with Gasteiger partial charge in [0.15, 0.2) is 0 Å². The van der Waals surface area contributed by atoms with E-state index in [-0.39, 0.29) is 23.2 Å². The molecule has 2 rings (SSSR count). The van der Waals surface area contributed by atoms with Crippen molar-refractivity contribution < 1.29 is 4.79 Å². The monoisotopic (exact) mass is 320 g/mol. The molecule has 0 saturated carbocycles. The quantitative estimate of drug-likeness (QED) is 0.813. The zero-order valence-corrected chi connectivity index (χ0v) is 13.5. The minimum atomic E-state index is -0.323. The molecule has 2 heterocycles. The van der Waals surface area contributed by atoms with Crippen molar-refractivity contribution in [2.45, 2.75) is 19.9 Å². The first kappa shape index (κ1) is 16.4. The fourth-order valence-electron chi connectivity index (χ4n) is 2.34. The van der Waals surface area contributed by atoms with Crippen LogP contribution in [-0.4, -0.2) is 40.6 Å². The number of carbonyl (C=O) groups is 1. The zero-order chi connectivity index (χ0) is 15.9. The van der Waals surface area contributed by atoms with Crippen molar-refractivity contribution in [1.29, 1.82) is 0 Å². The summed E-state index contributed by atoms with van der Waals surface area (Å²) < 4.78 is 0. The molecule has 1 unspecified atom stereocenters. The van der Waals surface area contributed by atoms with Gasteiger partial charge in [-0.2, -0.15) is 16.4 Å².